The first-order valence-corrected chi connectivity index (χ1v) is 10.8. The van der Waals surface area contributed by atoms with Crippen molar-refractivity contribution in [3.63, 3.8) is 0 Å². The van der Waals surface area contributed by atoms with Gasteiger partial charge in [-0.2, -0.15) is 0 Å². The number of esters is 1. The van der Waals surface area contributed by atoms with E-state index in [1.165, 1.54) is 6.92 Å². The number of fused-ring (bicyclic) bond motifs is 5. The molecule has 0 aliphatic heterocycles. The predicted molar refractivity (Wildman–Crippen MR) is 107 cm³/mol. The van der Waals surface area contributed by atoms with E-state index in [4.69, 9.17) is 16.3 Å². The summed E-state index contributed by atoms with van der Waals surface area (Å²) in [6, 6.07) is 0. The third-order valence-electron chi connectivity index (χ3n) is 8.56. The van der Waals surface area contributed by atoms with Crippen molar-refractivity contribution in [2.45, 2.75) is 71.8 Å². The van der Waals surface area contributed by atoms with Gasteiger partial charge in [0.05, 0.1) is 0 Å². The number of rotatable bonds is 2. The summed E-state index contributed by atoms with van der Waals surface area (Å²) in [4.78, 5) is 36.6. The number of ketones is 2. The molecule has 4 nitrogen and oxygen atoms in total. The van der Waals surface area contributed by atoms with Crippen LogP contribution in [0, 0.1) is 28.6 Å². The summed E-state index contributed by atoms with van der Waals surface area (Å²) >= 11 is 6.71. The van der Waals surface area contributed by atoms with Crippen LogP contribution in [0.2, 0.25) is 0 Å². The molecule has 0 aromatic carbocycles. The molecule has 0 bridgehead atoms. The third-order valence-corrected chi connectivity index (χ3v) is 8.89. The fourth-order valence-corrected chi connectivity index (χ4v) is 7.55. The smallest absolute Gasteiger partial charge is 0.303 e. The first-order valence-electron chi connectivity index (χ1n) is 10.4. The second-order valence-corrected chi connectivity index (χ2v) is 10.1. The molecule has 0 spiro atoms. The van der Waals surface area contributed by atoms with Gasteiger partial charge in [0.15, 0.2) is 17.2 Å². The van der Waals surface area contributed by atoms with Crippen LogP contribution >= 0.6 is 11.6 Å². The normalized spacial score (nSPS) is 44.6. The average Bonchev–Trinajstić information content (AvgIpc) is 2.90. The molecular weight excluding hydrogens is 376 g/mol. The van der Waals surface area contributed by atoms with Crippen molar-refractivity contribution in [1.82, 2.24) is 0 Å². The van der Waals surface area contributed by atoms with Gasteiger partial charge in [-0.05, 0) is 73.8 Å². The van der Waals surface area contributed by atoms with E-state index >= 15 is 0 Å². The minimum atomic E-state index is -1.03. The number of carbonyl (C=O) groups is 3. The lowest BCUT2D eigenvalue weighted by Crippen LogP contribution is -2.58. The Morgan fingerprint density at radius 3 is 2.43 bits per heavy atom. The Morgan fingerprint density at radius 1 is 1.11 bits per heavy atom. The summed E-state index contributed by atoms with van der Waals surface area (Å²) < 4.78 is 5.79. The second-order valence-electron chi connectivity index (χ2n) is 9.72. The van der Waals surface area contributed by atoms with Gasteiger partial charge < -0.3 is 4.74 Å². The third kappa shape index (κ3) is 2.46. The average molecular weight is 405 g/mol. The summed E-state index contributed by atoms with van der Waals surface area (Å²) in [5.74, 6) is 0.584. The fourth-order valence-electron chi connectivity index (χ4n) is 7.13. The lowest BCUT2D eigenvalue weighted by atomic mass is 9.48. The predicted octanol–water partition coefficient (Wildman–Crippen LogP) is 4.75. The van der Waals surface area contributed by atoms with Gasteiger partial charge in [-0.25, -0.2) is 0 Å². The molecule has 4 aliphatic carbocycles. The van der Waals surface area contributed by atoms with Gasteiger partial charge in [0.25, 0.3) is 0 Å². The van der Waals surface area contributed by atoms with Crippen molar-refractivity contribution in [2.24, 2.45) is 28.6 Å². The number of halogens is 1. The molecule has 0 radical (unpaired) electrons. The van der Waals surface area contributed by atoms with E-state index in [1.54, 1.807) is 13.0 Å². The molecule has 0 saturated heterocycles. The number of Topliss-reactive ketones (excluding diaryl/α,β-unsaturated/α-hetero) is 1. The van der Waals surface area contributed by atoms with E-state index in [9.17, 15) is 14.4 Å². The maximum Gasteiger partial charge on any atom is 0.303 e. The van der Waals surface area contributed by atoms with Crippen molar-refractivity contribution in [2.75, 3.05) is 0 Å². The maximum absolute atomic E-state index is 12.7. The molecule has 4 aliphatic rings. The highest BCUT2D eigenvalue weighted by molar-refractivity contribution is 6.32. The Balaban J connectivity index is 1.79. The highest BCUT2D eigenvalue weighted by Crippen LogP contribution is 2.68. The summed E-state index contributed by atoms with van der Waals surface area (Å²) in [7, 11) is 0. The SMILES string of the molecule is CC(=O)O[C@]1(C(C)=O)CC[C@H]2C3C=C(Cl)C4=CC(=O)CCC4(C)[C@H]3CC[C@@]21C. The van der Waals surface area contributed by atoms with E-state index in [2.05, 4.69) is 19.9 Å². The van der Waals surface area contributed by atoms with Crippen LogP contribution in [0.1, 0.15) is 66.2 Å². The molecule has 4 rings (SSSR count). The molecule has 5 heteroatoms. The highest BCUT2D eigenvalue weighted by Gasteiger charge is 2.67. The van der Waals surface area contributed by atoms with Crippen LogP contribution < -0.4 is 0 Å². The Hall–Kier alpha value is -1.42. The number of allylic oxidation sites excluding steroid dienone is 4. The molecule has 28 heavy (non-hydrogen) atoms. The van der Waals surface area contributed by atoms with Gasteiger partial charge in [0.2, 0.25) is 0 Å². The molecular formula is C23H29ClO4. The Kier molecular flexibility index (Phi) is 4.46. The standard InChI is InChI=1S/C23H29ClO4/c1-13(25)23(28-14(2)26)10-7-18-16-12-20(24)19-11-15(27)5-8-21(19,3)17(16)6-9-22(18,23)4/h11-12,16-18H,5-10H2,1-4H3/t16?,17-,18-,21?,22-,23-/m0/s1. The molecule has 2 fully saturated rings. The molecule has 0 N–H and O–H groups in total. The quantitative estimate of drug-likeness (QED) is 0.623. The molecule has 2 unspecified atom stereocenters. The zero-order valence-corrected chi connectivity index (χ0v) is 17.9. The Morgan fingerprint density at radius 2 is 1.79 bits per heavy atom. The van der Waals surface area contributed by atoms with Gasteiger partial charge in [0, 0.05) is 23.8 Å². The van der Waals surface area contributed by atoms with Gasteiger partial charge in [-0.3, -0.25) is 14.4 Å². The van der Waals surface area contributed by atoms with Crippen LogP contribution in [-0.4, -0.2) is 23.1 Å². The molecule has 152 valence electrons. The lowest BCUT2D eigenvalue weighted by molar-refractivity contribution is -0.185. The molecule has 2 saturated carbocycles. The molecule has 0 heterocycles. The fraction of sp³-hybridized carbons (Fsp3) is 0.696. The highest BCUT2D eigenvalue weighted by atomic mass is 35.5. The zero-order chi connectivity index (χ0) is 20.5. The summed E-state index contributed by atoms with van der Waals surface area (Å²) in [6.07, 6.45) is 8.48. The minimum Gasteiger partial charge on any atom is -0.451 e. The molecule has 6 atom stereocenters. The number of hydrogen-bond donors (Lipinski definition) is 0. The van der Waals surface area contributed by atoms with E-state index in [0.29, 0.717) is 23.8 Å². The van der Waals surface area contributed by atoms with Crippen LogP contribution in [0.25, 0.3) is 0 Å². The first kappa shape index (κ1) is 19.9. The van der Waals surface area contributed by atoms with E-state index in [-0.39, 0.29) is 40.2 Å². The summed E-state index contributed by atoms with van der Waals surface area (Å²) in [5.41, 5.74) is -0.532. The van der Waals surface area contributed by atoms with Gasteiger partial charge in [-0.15, -0.1) is 0 Å². The summed E-state index contributed by atoms with van der Waals surface area (Å²) in [5, 5.41) is 0.689. The Labute approximate surface area is 171 Å². The zero-order valence-electron chi connectivity index (χ0n) is 17.1. The van der Waals surface area contributed by atoms with Gasteiger partial charge in [-0.1, -0.05) is 31.5 Å². The van der Waals surface area contributed by atoms with Crippen molar-refractivity contribution < 1.29 is 19.1 Å². The van der Waals surface area contributed by atoms with E-state index < -0.39 is 5.60 Å². The maximum atomic E-state index is 12.7. The van der Waals surface area contributed by atoms with Gasteiger partial charge >= 0.3 is 5.97 Å². The Bertz CT molecular complexity index is 826. The molecule has 0 amide bonds. The minimum absolute atomic E-state index is 0.0490. The van der Waals surface area contributed by atoms with Crippen LogP contribution in [0.15, 0.2) is 22.8 Å². The van der Waals surface area contributed by atoms with Crippen molar-refractivity contribution in [3.05, 3.63) is 22.8 Å². The number of carbonyl (C=O) groups excluding carboxylic acids is 3. The van der Waals surface area contributed by atoms with Crippen LogP contribution in [0.5, 0.6) is 0 Å². The van der Waals surface area contributed by atoms with Crippen molar-refractivity contribution in [3.8, 4) is 0 Å². The van der Waals surface area contributed by atoms with E-state index in [1.807, 2.05) is 0 Å². The summed E-state index contributed by atoms with van der Waals surface area (Å²) in [6.45, 7) is 7.33. The van der Waals surface area contributed by atoms with Crippen LogP contribution in [0.4, 0.5) is 0 Å². The lowest BCUT2D eigenvalue weighted by Gasteiger charge is -2.57. The number of ether oxygens (including phenoxy) is 1. The largest absolute Gasteiger partial charge is 0.451 e. The van der Waals surface area contributed by atoms with Crippen molar-refractivity contribution in [1.29, 1.82) is 0 Å². The molecule has 0 aromatic heterocycles. The van der Waals surface area contributed by atoms with Crippen molar-refractivity contribution >= 4 is 29.1 Å². The van der Waals surface area contributed by atoms with Gasteiger partial charge in [0.1, 0.15) is 0 Å². The number of hydrogen-bond acceptors (Lipinski definition) is 4. The van der Waals surface area contributed by atoms with Crippen LogP contribution in [0.3, 0.4) is 0 Å². The monoisotopic (exact) mass is 404 g/mol. The first-order chi connectivity index (χ1) is 13.0. The molecule has 0 aromatic rings. The van der Waals surface area contributed by atoms with Crippen LogP contribution in [-0.2, 0) is 19.1 Å². The van der Waals surface area contributed by atoms with E-state index in [0.717, 1.165) is 31.3 Å². The second kappa shape index (κ2) is 6.29. The topological polar surface area (TPSA) is 60.4 Å².